The highest BCUT2D eigenvalue weighted by Gasteiger charge is 2.13. The summed E-state index contributed by atoms with van der Waals surface area (Å²) in [5.74, 6) is 0.285. The van der Waals surface area contributed by atoms with E-state index in [2.05, 4.69) is 24.9 Å². The lowest BCUT2D eigenvalue weighted by atomic mass is 9.96. The van der Waals surface area contributed by atoms with Crippen molar-refractivity contribution in [1.29, 1.82) is 0 Å². The van der Waals surface area contributed by atoms with Gasteiger partial charge in [-0.25, -0.2) is 0 Å². The van der Waals surface area contributed by atoms with Crippen LogP contribution < -0.4 is 5.73 Å². The third-order valence-electron chi connectivity index (χ3n) is 2.66. The van der Waals surface area contributed by atoms with E-state index in [1.807, 2.05) is 53.7 Å². The Morgan fingerprint density at radius 2 is 1.67 bits per heavy atom. The minimum atomic E-state index is -0.0905. The molecule has 1 aromatic carbocycles. The van der Waals surface area contributed by atoms with E-state index in [-0.39, 0.29) is 18.6 Å². The molecule has 3 N–H and O–H groups in total. The quantitative estimate of drug-likeness (QED) is 0.636. The number of nitrogens with zero attached hydrogens (tertiary/aromatic N) is 1. The van der Waals surface area contributed by atoms with E-state index < -0.39 is 0 Å². The largest absolute Gasteiger partial charge is 0.398 e. The molecule has 122 valence electrons. The Balaban J connectivity index is 0. The number of nitrogen functional groups attached to an aromatic ring is 1. The molecule has 0 bridgehead atoms. The van der Waals surface area contributed by atoms with Gasteiger partial charge >= 0.3 is 0 Å². The topological polar surface area (TPSA) is 58.6 Å². The van der Waals surface area contributed by atoms with Gasteiger partial charge in [-0.3, -0.25) is 4.99 Å². The van der Waals surface area contributed by atoms with Gasteiger partial charge in [0.2, 0.25) is 0 Å². The first-order chi connectivity index (χ1) is 9.95. The summed E-state index contributed by atoms with van der Waals surface area (Å²) in [7, 11) is 0. The van der Waals surface area contributed by atoms with Crippen molar-refractivity contribution in [3.63, 3.8) is 0 Å². The van der Waals surface area contributed by atoms with Crippen molar-refractivity contribution in [1.82, 2.24) is 0 Å². The van der Waals surface area contributed by atoms with Crippen molar-refractivity contribution in [3.8, 4) is 0 Å². The number of aliphatic imine (C=N–C) groups is 1. The normalized spacial score (nSPS) is 12.0. The van der Waals surface area contributed by atoms with Crippen LogP contribution in [0.25, 0.3) is 0 Å². The van der Waals surface area contributed by atoms with Gasteiger partial charge in [0.05, 0.1) is 12.6 Å². The number of hydrogen-bond donors (Lipinski definition) is 2. The molecule has 1 aromatic rings. The number of aliphatic hydroxyl groups is 1. The molecule has 0 spiro atoms. The van der Waals surface area contributed by atoms with Crippen LogP contribution >= 0.6 is 0 Å². The first-order valence-corrected chi connectivity index (χ1v) is 8.00. The van der Waals surface area contributed by atoms with Crippen LogP contribution in [0.15, 0.2) is 23.2 Å². The monoisotopic (exact) mass is 294 g/mol. The highest BCUT2D eigenvalue weighted by atomic mass is 16.3. The van der Waals surface area contributed by atoms with E-state index in [9.17, 15) is 0 Å². The summed E-state index contributed by atoms with van der Waals surface area (Å²) < 4.78 is 0. The first-order valence-electron chi connectivity index (χ1n) is 8.00. The zero-order chi connectivity index (χ0) is 17.0. The Morgan fingerprint density at radius 3 is 2.10 bits per heavy atom. The molecule has 3 nitrogen and oxygen atoms in total. The Morgan fingerprint density at radius 1 is 1.14 bits per heavy atom. The lowest BCUT2D eigenvalue weighted by Crippen LogP contribution is -2.17. The molecule has 0 amide bonds. The Labute approximate surface area is 131 Å². The molecule has 1 rings (SSSR count). The second-order valence-electron chi connectivity index (χ2n) is 4.79. The number of benzene rings is 1. The number of rotatable bonds is 4. The lowest BCUT2D eigenvalue weighted by molar-refractivity contribution is 0.274. The van der Waals surface area contributed by atoms with Crippen LogP contribution in [-0.2, 0) is 0 Å². The van der Waals surface area contributed by atoms with Gasteiger partial charge in [0, 0.05) is 17.0 Å². The number of aryl methyl sites for hydroxylation is 1. The average Bonchev–Trinajstić information content (AvgIpc) is 2.51. The number of nitrogens with two attached hydrogens (primary N) is 1. The van der Waals surface area contributed by atoms with E-state index in [1.54, 1.807) is 0 Å². The first kappa shape index (κ1) is 21.9. The summed E-state index contributed by atoms with van der Waals surface area (Å²) in [6, 6.07) is 5.86. The maximum atomic E-state index is 9.10. The predicted molar refractivity (Wildman–Crippen MR) is 96.2 cm³/mol. The van der Waals surface area contributed by atoms with Crippen molar-refractivity contribution in [2.75, 3.05) is 12.3 Å². The highest BCUT2D eigenvalue weighted by molar-refractivity contribution is 6.06. The van der Waals surface area contributed by atoms with E-state index in [0.717, 1.165) is 17.0 Å². The van der Waals surface area contributed by atoms with Gasteiger partial charge < -0.3 is 10.8 Å². The molecule has 0 aliphatic rings. The third-order valence-corrected chi connectivity index (χ3v) is 2.66. The van der Waals surface area contributed by atoms with Crippen molar-refractivity contribution in [2.45, 2.75) is 61.4 Å². The predicted octanol–water partition coefficient (Wildman–Crippen LogP) is 4.46. The zero-order valence-corrected chi connectivity index (χ0v) is 15.1. The molecule has 0 aliphatic heterocycles. The standard InChI is InChI=1S/C14H22N2O.2C2H6/c1-9(2)14(16-11(4)8-17)12-7-10(3)5-6-13(12)15;2*1-2/h5-7,9,11,17H,8,15H2,1-4H3;2*1-2H3. The van der Waals surface area contributed by atoms with Crippen molar-refractivity contribution >= 4 is 11.4 Å². The second kappa shape index (κ2) is 12.4. The van der Waals surface area contributed by atoms with Crippen LogP contribution in [0.2, 0.25) is 0 Å². The third kappa shape index (κ3) is 7.86. The summed E-state index contributed by atoms with van der Waals surface area (Å²) in [5.41, 5.74) is 9.86. The van der Waals surface area contributed by atoms with Gasteiger partial charge in [-0.2, -0.15) is 0 Å². The molecule has 0 heterocycles. The zero-order valence-electron chi connectivity index (χ0n) is 15.1. The van der Waals surface area contributed by atoms with Gasteiger partial charge in [-0.1, -0.05) is 53.2 Å². The minimum Gasteiger partial charge on any atom is -0.398 e. The molecular formula is C18H34N2O. The van der Waals surface area contributed by atoms with Gasteiger partial charge in [0.1, 0.15) is 0 Å². The molecule has 21 heavy (non-hydrogen) atoms. The van der Waals surface area contributed by atoms with E-state index in [1.165, 1.54) is 5.56 Å². The van der Waals surface area contributed by atoms with E-state index >= 15 is 0 Å². The van der Waals surface area contributed by atoms with Gasteiger partial charge in [-0.15, -0.1) is 0 Å². The molecule has 0 saturated heterocycles. The van der Waals surface area contributed by atoms with Crippen molar-refractivity contribution < 1.29 is 5.11 Å². The maximum Gasteiger partial charge on any atom is 0.0705 e. The summed E-state index contributed by atoms with van der Waals surface area (Å²) in [4.78, 5) is 4.55. The van der Waals surface area contributed by atoms with Gasteiger partial charge in [-0.05, 0) is 31.9 Å². The molecule has 0 aliphatic carbocycles. The molecular weight excluding hydrogens is 260 g/mol. The molecule has 0 fully saturated rings. The smallest absolute Gasteiger partial charge is 0.0705 e. The summed E-state index contributed by atoms with van der Waals surface area (Å²) >= 11 is 0. The summed E-state index contributed by atoms with van der Waals surface area (Å²) in [5, 5.41) is 9.10. The van der Waals surface area contributed by atoms with Crippen LogP contribution in [-0.4, -0.2) is 23.5 Å². The Bertz CT molecular complexity index is 412. The highest BCUT2D eigenvalue weighted by Crippen LogP contribution is 2.19. The number of aliphatic hydroxyl groups excluding tert-OH is 1. The fourth-order valence-electron chi connectivity index (χ4n) is 1.70. The second-order valence-corrected chi connectivity index (χ2v) is 4.79. The Kier molecular flexibility index (Phi) is 12.9. The molecule has 0 saturated carbocycles. The fraction of sp³-hybridized carbons (Fsp3) is 0.611. The SMILES string of the molecule is CC.CC.Cc1ccc(N)c(C(=NC(C)CO)C(C)C)c1. The maximum absolute atomic E-state index is 9.10. The summed E-state index contributed by atoms with van der Waals surface area (Å²) in [6.07, 6.45) is 0. The van der Waals surface area contributed by atoms with Gasteiger partial charge in [0.15, 0.2) is 0 Å². The fourth-order valence-corrected chi connectivity index (χ4v) is 1.70. The summed E-state index contributed by atoms with van der Waals surface area (Å²) in [6.45, 7) is 16.2. The van der Waals surface area contributed by atoms with Gasteiger partial charge in [0.25, 0.3) is 0 Å². The number of hydrogen-bond acceptors (Lipinski definition) is 3. The van der Waals surface area contributed by atoms with E-state index in [4.69, 9.17) is 10.8 Å². The molecule has 1 atom stereocenters. The van der Waals surface area contributed by atoms with Crippen LogP contribution in [0.1, 0.15) is 59.6 Å². The van der Waals surface area contributed by atoms with Crippen molar-refractivity contribution in [2.24, 2.45) is 10.9 Å². The van der Waals surface area contributed by atoms with Crippen LogP contribution in [0.4, 0.5) is 5.69 Å². The molecule has 0 radical (unpaired) electrons. The average molecular weight is 294 g/mol. The number of anilines is 1. The Hall–Kier alpha value is -1.35. The molecule has 0 aromatic heterocycles. The minimum absolute atomic E-state index is 0.0575. The van der Waals surface area contributed by atoms with Crippen LogP contribution in [0.3, 0.4) is 0 Å². The van der Waals surface area contributed by atoms with Crippen LogP contribution in [0, 0.1) is 12.8 Å². The molecule has 3 heteroatoms. The van der Waals surface area contributed by atoms with Crippen LogP contribution in [0.5, 0.6) is 0 Å². The molecule has 1 unspecified atom stereocenters. The lowest BCUT2D eigenvalue weighted by Gasteiger charge is -2.15. The van der Waals surface area contributed by atoms with Crippen molar-refractivity contribution in [3.05, 3.63) is 29.3 Å². The van der Waals surface area contributed by atoms with E-state index in [0.29, 0.717) is 0 Å².